The number of likely N-dealkylation sites (N-methyl/N-ethyl adjacent to an activating group) is 1. The van der Waals surface area contributed by atoms with Gasteiger partial charge in [0.1, 0.15) is 5.82 Å². The highest BCUT2D eigenvalue weighted by Crippen LogP contribution is 2.24. The number of aliphatic hydroxyl groups excluding tert-OH is 1. The van der Waals surface area contributed by atoms with E-state index in [0.29, 0.717) is 0 Å². The van der Waals surface area contributed by atoms with Crippen LogP contribution in [0.15, 0.2) is 18.3 Å². The Morgan fingerprint density at radius 3 is 2.62 bits per heavy atom. The molecule has 1 aliphatic heterocycles. The first-order valence-electron chi connectivity index (χ1n) is 5.75. The minimum absolute atomic E-state index is 0.455. The van der Waals surface area contributed by atoms with Crippen LogP contribution in [0.4, 0.5) is 5.82 Å². The standard InChI is InChI=1S/C12H19N3O/c1-10(16)11-4-3-5-13-12(11)15-8-6-14(2)7-9-15/h3-5,10,16H,6-9H2,1-2H3/t10-/m0/s1. The first-order chi connectivity index (χ1) is 7.68. The van der Waals surface area contributed by atoms with Gasteiger partial charge in [0.05, 0.1) is 6.10 Å². The van der Waals surface area contributed by atoms with Crippen molar-refractivity contribution >= 4 is 5.82 Å². The summed E-state index contributed by atoms with van der Waals surface area (Å²) in [5, 5.41) is 9.71. The van der Waals surface area contributed by atoms with Crippen molar-refractivity contribution in [3.8, 4) is 0 Å². The van der Waals surface area contributed by atoms with Crippen molar-refractivity contribution in [2.75, 3.05) is 38.1 Å². The first-order valence-corrected chi connectivity index (χ1v) is 5.75. The van der Waals surface area contributed by atoms with Gasteiger partial charge in [0.15, 0.2) is 0 Å². The van der Waals surface area contributed by atoms with Crippen LogP contribution >= 0.6 is 0 Å². The van der Waals surface area contributed by atoms with Gasteiger partial charge >= 0.3 is 0 Å². The molecule has 0 unspecified atom stereocenters. The van der Waals surface area contributed by atoms with Gasteiger partial charge in [-0.25, -0.2) is 4.98 Å². The van der Waals surface area contributed by atoms with Gasteiger partial charge in [0, 0.05) is 37.9 Å². The van der Waals surface area contributed by atoms with Gasteiger partial charge < -0.3 is 14.9 Å². The fraction of sp³-hybridized carbons (Fsp3) is 0.583. The van der Waals surface area contributed by atoms with Crippen LogP contribution in [0.1, 0.15) is 18.6 Å². The Labute approximate surface area is 96.5 Å². The van der Waals surface area contributed by atoms with E-state index in [4.69, 9.17) is 0 Å². The monoisotopic (exact) mass is 221 g/mol. The van der Waals surface area contributed by atoms with E-state index in [9.17, 15) is 5.11 Å². The number of pyridine rings is 1. The lowest BCUT2D eigenvalue weighted by molar-refractivity contribution is 0.199. The third-order valence-corrected chi connectivity index (χ3v) is 3.07. The average molecular weight is 221 g/mol. The SMILES string of the molecule is C[C@H](O)c1cccnc1N1CCN(C)CC1. The second-order valence-electron chi connectivity index (χ2n) is 4.38. The minimum atomic E-state index is -0.455. The molecule has 1 atom stereocenters. The van der Waals surface area contributed by atoms with Crippen molar-refractivity contribution in [2.45, 2.75) is 13.0 Å². The van der Waals surface area contributed by atoms with Crippen LogP contribution in [0, 0.1) is 0 Å². The highest BCUT2D eigenvalue weighted by atomic mass is 16.3. The van der Waals surface area contributed by atoms with Crippen LogP contribution < -0.4 is 4.90 Å². The summed E-state index contributed by atoms with van der Waals surface area (Å²) in [5.41, 5.74) is 0.923. The summed E-state index contributed by atoms with van der Waals surface area (Å²) in [4.78, 5) is 8.96. The smallest absolute Gasteiger partial charge is 0.134 e. The molecule has 2 heterocycles. The Kier molecular flexibility index (Phi) is 3.41. The van der Waals surface area contributed by atoms with Gasteiger partial charge in [-0.2, -0.15) is 0 Å². The van der Waals surface area contributed by atoms with Gasteiger partial charge in [0.2, 0.25) is 0 Å². The lowest BCUT2D eigenvalue weighted by Gasteiger charge is -2.34. The van der Waals surface area contributed by atoms with E-state index < -0.39 is 6.10 Å². The minimum Gasteiger partial charge on any atom is -0.389 e. The Hall–Kier alpha value is -1.13. The molecule has 1 aromatic heterocycles. The molecule has 1 fully saturated rings. The van der Waals surface area contributed by atoms with E-state index >= 15 is 0 Å². The molecule has 0 aliphatic carbocycles. The Bertz CT molecular complexity index is 346. The number of aromatic nitrogens is 1. The van der Waals surface area contributed by atoms with E-state index in [2.05, 4.69) is 21.8 Å². The van der Waals surface area contributed by atoms with E-state index in [-0.39, 0.29) is 0 Å². The molecule has 0 spiro atoms. The lowest BCUT2D eigenvalue weighted by atomic mass is 10.1. The van der Waals surface area contributed by atoms with Gasteiger partial charge in [-0.05, 0) is 20.0 Å². The molecule has 1 N–H and O–H groups in total. The van der Waals surface area contributed by atoms with E-state index in [1.165, 1.54) is 0 Å². The molecule has 2 rings (SSSR count). The van der Waals surface area contributed by atoms with Crippen LogP contribution in [-0.2, 0) is 0 Å². The van der Waals surface area contributed by atoms with E-state index in [0.717, 1.165) is 37.6 Å². The van der Waals surface area contributed by atoms with Crippen molar-refractivity contribution in [3.63, 3.8) is 0 Å². The molecular weight excluding hydrogens is 202 g/mol. The van der Waals surface area contributed by atoms with Crippen molar-refractivity contribution in [1.82, 2.24) is 9.88 Å². The number of piperazine rings is 1. The molecule has 88 valence electrons. The molecule has 0 aromatic carbocycles. The molecule has 16 heavy (non-hydrogen) atoms. The van der Waals surface area contributed by atoms with Crippen LogP contribution in [0.2, 0.25) is 0 Å². The third-order valence-electron chi connectivity index (χ3n) is 3.07. The van der Waals surface area contributed by atoms with Crippen molar-refractivity contribution in [3.05, 3.63) is 23.9 Å². The number of rotatable bonds is 2. The predicted octanol–water partition coefficient (Wildman–Crippen LogP) is 0.887. The summed E-state index contributed by atoms with van der Waals surface area (Å²) in [6.45, 7) is 5.85. The van der Waals surface area contributed by atoms with Crippen LogP contribution in [0.25, 0.3) is 0 Å². The molecule has 1 saturated heterocycles. The maximum Gasteiger partial charge on any atom is 0.134 e. The average Bonchev–Trinajstić information content (AvgIpc) is 2.30. The summed E-state index contributed by atoms with van der Waals surface area (Å²) in [7, 11) is 2.13. The summed E-state index contributed by atoms with van der Waals surface area (Å²) in [6.07, 6.45) is 1.34. The Morgan fingerprint density at radius 2 is 2.00 bits per heavy atom. The molecule has 0 saturated carbocycles. The van der Waals surface area contributed by atoms with E-state index in [1.54, 1.807) is 13.1 Å². The molecule has 1 aliphatic rings. The highest BCUT2D eigenvalue weighted by molar-refractivity contribution is 5.48. The maximum absolute atomic E-state index is 9.71. The molecule has 0 radical (unpaired) electrons. The van der Waals surface area contributed by atoms with Gasteiger partial charge in [-0.1, -0.05) is 6.07 Å². The quantitative estimate of drug-likeness (QED) is 0.805. The van der Waals surface area contributed by atoms with Gasteiger partial charge in [-0.3, -0.25) is 0 Å². The molecule has 0 bridgehead atoms. The summed E-state index contributed by atoms with van der Waals surface area (Å²) in [5.74, 6) is 0.936. The number of anilines is 1. The fourth-order valence-electron chi connectivity index (χ4n) is 2.02. The Morgan fingerprint density at radius 1 is 1.31 bits per heavy atom. The third kappa shape index (κ3) is 2.33. The fourth-order valence-corrected chi connectivity index (χ4v) is 2.02. The van der Waals surface area contributed by atoms with Crippen molar-refractivity contribution in [1.29, 1.82) is 0 Å². The van der Waals surface area contributed by atoms with E-state index in [1.807, 2.05) is 12.1 Å². The zero-order valence-electron chi connectivity index (χ0n) is 9.93. The first kappa shape index (κ1) is 11.4. The van der Waals surface area contributed by atoms with Crippen LogP contribution in [0.3, 0.4) is 0 Å². The molecule has 4 nitrogen and oxygen atoms in total. The normalized spacial score (nSPS) is 19.8. The highest BCUT2D eigenvalue weighted by Gasteiger charge is 2.19. The lowest BCUT2D eigenvalue weighted by Crippen LogP contribution is -2.45. The summed E-state index contributed by atoms with van der Waals surface area (Å²) < 4.78 is 0. The maximum atomic E-state index is 9.71. The number of nitrogens with zero attached hydrogens (tertiary/aromatic N) is 3. The topological polar surface area (TPSA) is 39.6 Å². The second kappa shape index (κ2) is 4.80. The van der Waals surface area contributed by atoms with Crippen LogP contribution in [-0.4, -0.2) is 48.2 Å². The predicted molar refractivity (Wildman–Crippen MR) is 64.6 cm³/mol. The number of hydrogen-bond acceptors (Lipinski definition) is 4. The molecule has 0 amide bonds. The van der Waals surface area contributed by atoms with Crippen LogP contribution in [0.5, 0.6) is 0 Å². The second-order valence-corrected chi connectivity index (χ2v) is 4.38. The zero-order chi connectivity index (χ0) is 11.5. The molecule has 1 aromatic rings. The summed E-state index contributed by atoms with van der Waals surface area (Å²) in [6, 6.07) is 3.83. The van der Waals surface area contributed by atoms with Gasteiger partial charge in [-0.15, -0.1) is 0 Å². The number of aliphatic hydroxyl groups is 1. The van der Waals surface area contributed by atoms with Crippen molar-refractivity contribution in [2.24, 2.45) is 0 Å². The van der Waals surface area contributed by atoms with Gasteiger partial charge in [0.25, 0.3) is 0 Å². The largest absolute Gasteiger partial charge is 0.389 e. The van der Waals surface area contributed by atoms with Crippen molar-refractivity contribution < 1.29 is 5.11 Å². The number of hydrogen-bond donors (Lipinski definition) is 1. The zero-order valence-corrected chi connectivity index (χ0v) is 9.93. The Balaban J connectivity index is 2.19. The molecular formula is C12H19N3O. The molecule has 4 heteroatoms. The summed E-state index contributed by atoms with van der Waals surface area (Å²) >= 11 is 0.